The molecule has 0 amide bonds. The van der Waals surface area contributed by atoms with Crippen LogP contribution >= 0.6 is 0 Å². The van der Waals surface area contributed by atoms with E-state index >= 15 is 0 Å². The molecule has 7 nitrogen and oxygen atoms in total. The Bertz CT molecular complexity index is 1070. The van der Waals surface area contributed by atoms with Crippen LogP contribution in [0, 0.1) is 13.8 Å². The molecule has 2 heterocycles. The molecule has 2 aromatic rings. The summed E-state index contributed by atoms with van der Waals surface area (Å²) in [6.45, 7) is 14.3. The third-order valence-electron chi connectivity index (χ3n) is 5.39. The van der Waals surface area contributed by atoms with Crippen LogP contribution in [-0.2, 0) is 4.74 Å². The number of hydrogen-bond donors (Lipinski definition) is 0. The van der Waals surface area contributed by atoms with E-state index in [2.05, 4.69) is 34.0 Å². The van der Waals surface area contributed by atoms with Gasteiger partial charge in [0.2, 0.25) is 0 Å². The van der Waals surface area contributed by atoms with E-state index in [1.165, 1.54) is 4.68 Å². The molecule has 0 saturated carbocycles. The van der Waals surface area contributed by atoms with Gasteiger partial charge >= 0.3 is 0 Å². The number of likely N-dealkylation sites (N-methyl/N-ethyl adjacent to an activating group) is 1. The smallest absolute Gasteiger partial charge is 0.278 e. The highest BCUT2D eigenvalue weighted by atomic mass is 16.5. The summed E-state index contributed by atoms with van der Waals surface area (Å²) >= 11 is 0. The van der Waals surface area contributed by atoms with E-state index in [-0.39, 0.29) is 11.5 Å². The predicted octanol–water partition coefficient (Wildman–Crippen LogP) is 3.81. The zero-order valence-electron chi connectivity index (χ0n) is 19.0. The zero-order chi connectivity index (χ0) is 22.0. The maximum atomic E-state index is 12.9. The Morgan fingerprint density at radius 1 is 1.23 bits per heavy atom. The van der Waals surface area contributed by atoms with Crippen LogP contribution in [0.1, 0.15) is 56.3 Å². The van der Waals surface area contributed by atoms with Gasteiger partial charge in [0.15, 0.2) is 5.82 Å². The molecule has 30 heavy (non-hydrogen) atoms. The molecule has 0 atom stereocenters. The van der Waals surface area contributed by atoms with Gasteiger partial charge in [-0.25, -0.2) is 9.98 Å². The van der Waals surface area contributed by atoms with Crippen LogP contribution < -0.4 is 10.5 Å². The normalized spacial score (nSPS) is 14.4. The minimum absolute atomic E-state index is 0.0914. The average molecular weight is 410 g/mol. The Balaban J connectivity index is 2.02. The number of anilines is 1. The second-order valence-corrected chi connectivity index (χ2v) is 7.90. The monoisotopic (exact) mass is 409 g/mol. The van der Waals surface area contributed by atoms with Gasteiger partial charge in [0, 0.05) is 37.1 Å². The lowest BCUT2D eigenvalue weighted by Crippen LogP contribution is -2.27. The number of aromatic nitrogens is 2. The van der Waals surface area contributed by atoms with Crippen molar-refractivity contribution in [2.75, 3.05) is 31.7 Å². The van der Waals surface area contributed by atoms with E-state index in [9.17, 15) is 4.79 Å². The summed E-state index contributed by atoms with van der Waals surface area (Å²) in [5.41, 5.74) is 5.71. The molecule has 1 aliphatic heterocycles. The van der Waals surface area contributed by atoms with Crippen LogP contribution in [-0.4, -0.2) is 47.9 Å². The molecular weight excluding hydrogens is 378 g/mol. The lowest BCUT2D eigenvalue weighted by atomic mass is 10.0. The van der Waals surface area contributed by atoms with Crippen molar-refractivity contribution < 1.29 is 4.74 Å². The quantitative estimate of drug-likeness (QED) is 0.697. The fourth-order valence-electron chi connectivity index (χ4n) is 3.79. The average Bonchev–Trinajstić information content (AvgIpc) is 3.00. The maximum absolute atomic E-state index is 12.9. The summed E-state index contributed by atoms with van der Waals surface area (Å²) in [5, 5.41) is 4.44. The van der Waals surface area contributed by atoms with Crippen molar-refractivity contribution in [1.82, 2.24) is 9.66 Å². The summed E-state index contributed by atoms with van der Waals surface area (Å²) in [6, 6.07) is 6.21. The van der Waals surface area contributed by atoms with E-state index in [4.69, 9.17) is 9.73 Å². The summed E-state index contributed by atoms with van der Waals surface area (Å²) in [4.78, 5) is 24.7. The van der Waals surface area contributed by atoms with Gasteiger partial charge in [-0.05, 0) is 57.4 Å². The minimum Gasteiger partial charge on any atom is -0.383 e. The Morgan fingerprint density at radius 3 is 2.57 bits per heavy atom. The van der Waals surface area contributed by atoms with Crippen molar-refractivity contribution in [3.8, 4) is 0 Å². The molecule has 1 aromatic heterocycles. The van der Waals surface area contributed by atoms with Gasteiger partial charge in [-0.15, -0.1) is 0 Å². The topological polar surface area (TPSA) is 72.1 Å². The Morgan fingerprint density at radius 2 is 1.97 bits per heavy atom. The first-order chi connectivity index (χ1) is 14.3. The predicted molar refractivity (Wildman–Crippen MR) is 123 cm³/mol. The van der Waals surface area contributed by atoms with Gasteiger partial charge in [-0.1, -0.05) is 13.8 Å². The van der Waals surface area contributed by atoms with Crippen molar-refractivity contribution in [3.05, 3.63) is 51.2 Å². The number of aryl methyl sites for hydroxylation is 2. The molecule has 1 aliphatic rings. The van der Waals surface area contributed by atoms with Crippen molar-refractivity contribution >= 4 is 22.8 Å². The van der Waals surface area contributed by atoms with E-state index in [0.717, 1.165) is 35.7 Å². The van der Waals surface area contributed by atoms with E-state index in [1.54, 1.807) is 7.11 Å². The van der Waals surface area contributed by atoms with Gasteiger partial charge in [0.1, 0.15) is 5.71 Å². The van der Waals surface area contributed by atoms with Gasteiger partial charge in [0.25, 0.3) is 5.56 Å². The van der Waals surface area contributed by atoms with E-state index in [0.29, 0.717) is 29.4 Å². The summed E-state index contributed by atoms with van der Waals surface area (Å²) in [5.74, 6) is 0.604. The standard InChI is InChI=1S/C23H31N5O2/c1-8-27(11-12-30-7)18-9-10-19(15(4)13-18)25-21-17(6)26-28-22(21)24-16(5)20(14(2)3)23(28)29/h9-10,13-14H,8,11-12H2,1-7H3. The highest BCUT2D eigenvalue weighted by Crippen LogP contribution is 2.27. The zero-order valence-corrected chi connectivity index (χ0v) is 19.0. The number of nitrogens with zero attached hydrogens (tertiary/aromatic N) is 5. The number of fused-ring (bicyclic) bond motifs is 1. The maximum Gasteiger partial charge on any atom is 0.278 e. The van der Waals surface area contributed by atoms with Gasteiger partial charge in [-0.2, -0.15) is 9.78 Å². The van der Waals surface area contributed by atoms with Crippen LogP contribution in [0.4, 0.5) is 11.4 Å². The molecule has 0 fully saturated rings. The van der Waals surface area contributed by atoms with E-state index < -0.39 is 0 Å². The first-order valence-electron chi connectivity index (χ1n) is 10.4. The van der Waals surface area contributed by atoms with Crippen LogP contribution in [0.25, 0.3) is 0 Å². The molecule has 0 aliphatic carbocycles. The van der Waals surface area contributed by atoms with Crippen molar-refractivity contribution in [1.29, 1.82) is 0 Å². The molecule has 0 radical (unpaired) electrons. The summed E-state index contributed by atoms with van der Waals surface area (Å²) in [7, 11) is 1.72. The van der Waals surface area contributed by atoms with Crippen LogP contribution in [0.3, 0.4) is 0 Å². The largest absolute Gasteiger partial charge is 0.383 e. The van der Waals surface area contributed by atoms with Crippen molar-refractivity contribution in [2.24, 2.45) is 10.1 Å². The van der Waals surface area contributed by atoms with Crippen LogP contribution in [0.2, 0.25) is 0 Å². The molecule has 1 aromatic carbocycles. The minimum atomic E-state index is -0.110. The molecule has 160 valence electrons. The van der Waals surface area contributed by atoms with Crippen molar-refractivity contribution in [3.63, 3.8) is 0 Å². The number of benzene rings is 1. The fraction of sp³-hybridized carbons (Fsp3) is 0.478. The molecule has 0 N–H and O–H groups in total. The molecule has 3 rings (SSSR count). The van der Waals surface area contributed by atoms with Gasteiger partial charge in [-0.3, -0.25) is 4.79 Å². The third kappa shape index (κ3) is 4.07. The number of ether oxygens (including phenoxy) is 1. The van der Waals surface area contributed by atoms with Crippen LogP contribution in [0.5, 0.6) is 0 Å². The molecule has 0 spiro atoms. The highest BCUT2D eigenvalue weighted by molar-refractivity contribution is 6.48. The van der Waals surface area contributed by atoms with E-state index in [1.807, 2.05) is 40.7 Å². The lowest BCUT2D eigenvalue weighted by Gasteiger charge is -2.23. The Kier molecular flexibility index (Phi) is 6.51. The number of aliphatic imine (C=N–C) groups is 1. The second kappa shape index (κ2) is 8.92. The summed E-state index contributed by atoms with van der Waals surface area (Å²) < 4.78 is 6.61. The molecule has 0 bridgehead atoms. The van der Waals surface area contributed by atoms with Crippen molar-refractivity contribution in [2.45, 2.75) is 47.5 Å². The Hall–Kier alpha value is -2.80. The third-order valence-corrected chi connectivity index (χ3v) is 5.39. The first kappa shape index (κ1) is 21.9. The number of methoxy groups -OCH3 is 1. The Labute approximate surface area is 178 Å². The SMILES string of the molecule is CCN(CCOC)c1ccc(N=C2C(C)=Nn3c2nc(C)c(C(C)C)c3=O)c(C)c1. The summed E-state index contributed by atoms with van der Waals surface area (Å²) in [6.07, 6.45) is 0. The molecular formula is C23H31N5O2. The van der Waals surface area contributed by atoms with Gasteiger partial charge in [0.05, 0.1) is 18.0 Å². The number of rotatable bonds is 7. The first-order valence-corrected chi connectivity index (χ1v) is 10.4. The molecule has 7 heteroatoms. The second-order valence-electron chi connectivity index (χ2n) is 7.90. The lowest BCUT2D eigenvalue weighted by molar-refractivity contribution is 0.205. The molecule has 0 unspecified atom stereocenters. The van der Waals surface area contributed by atoms with Gasteiger partial charge < -0.3 is 9.64 Å². The number of hydrogen-bond acceptors (Lipinski definition) is 6. The molecule has 0 saturated heterocycles. The van der Waals surface area contributed by atoms with Crippen LogP contribution in [0.15, 0.2) is 33.1 Å². The fourth-order valence-corrected chi connectivity index (χ4v) is 3.79. The highest BCUT2D eigenvalue weighted by Gasteiger charge is 2.26.